The van der Waals surface area contributed by atoms with E-state index >= 15 is 0 Å². The van der Waals surface area contributed by atoms with Crippen LogP contribution in [0.3, 0.4) is 0 Å². The molecule has 1 aliphatic rings. The Hall–Kier alpha value is -4.46. The van der Waals surface area contributed by atoms with Crippen molar-refractivity contribution < 1.29 is 19.1 Å². The summed E-state index contributed by atoms with van der Waals surface area (Å²) in [5.74, 6) is 0.229. The zero-order valence-corrected chi connectivity index (χ0v) is 18.7. The maximum atomic E-state index is 12.9. The van der Waals surface area contributed by atoms with Crippen molar-refractivity contribution in [1.82, 2.24) is 9.97 Å². The van der Waals surface area contributed by atoms with Gasteiger partial charge in [-0.3, -0.25) is 14.6 Å². The first-order valence-electron chi connectivity index (χ1n) is 10.8. The number of pyridine rings is 2. The van der Waals surface area contributed by atoms with E-state index in [0.717, 1.165) is 22.2 Å². The first-order valence-corrected chi connectivity index (χ1v) is 10.8. The maximum absolute atomic E-state index is 12.9. The van der Waals surface area contributed by atoms with Crippen LogP contribution in [0.25, 0.3) is 10.9 Å². The Morgan fingerprint density at radius 3 is 2.56 bits per heavy atom. The van der Waals surface area contributed by atoms with Crippen molar-refractivity contribution in [3.8, 4) is 11.6 Å². The molecule has 0 saturated carbocycles. The van der Waals surface area contributed by atoms with Gasteiger partial charge in [0.05, 0.1) is 11.1 Å². The largest absolute Gasteiger partial charge is 0.484 e. The summed E-state index contributed by atoms with van der Waals surface area (Å²) in [4.78, 5) is 34.3. The molecule has 2 aromatic carbocycles. The van der Waals surface area contributed by atoms with Crippen LogP contribution >= 0.6 is 0 Å². The molecule has 0 bridgehead atoms. The number of rotatable bonds is 4. The van der Waals surface area contributed by atoms with Gasteiger partial charge in [-0.1, -0.05) is 12.1 Å². The van der Waals surface area contributed by atoms with Crippen LogP contribution in [-0.4, -0.2) is 35.0 Å². The van der Waals surface area contributed by atoms with E-state index in [1.165, 1.54) is 6.20 Å². The summed E-state index contributed by atoms with van der Waals surface area (Å²) in [6, 6.07) is 16.2. The van der Waals surface area contributed by atoms with Crippen LogP contribution in [0.4, 0.5) is 11.4 Å². The Balaban J connectivity index is 1.33. The Morgan fingerprint density at radius 1 is 0.853 bits per heavy atom. The highest BCUT2D eigenvalue weighted by molar-refractivity contribution is 6.08. The molecule has 8 heteroatoms. The molecule has 1 aliphatic heterocycles. The molecule has 0 aliphatic carbocycles. The highest BCUT2D eigenvalue weighted by atomic mass is 16.6. The average Bonchev–Trinajstić information content (AvgIpc) is 2.85. The van der Waals surface area contributed by atoms with E-state index in [-0.39, 0.29) is 11.8 Å². The number of ether oxygens (including phenoxy) is 2. The molecular weight excluding hydrogens is 432 g/mol. The van der Waals surface area contributed by atoms with Gasteiger partial charge in [-0.25, -0.2) is 4.98 Å². The summed E-state index contributed by atoms with van der Waals surface area (Å²) < 4.78 is 10.9. The monoisotopic (exact) mass is 454 g/mol. The van der Waals surface area contributed by atoms with E-state index in [4.69, 9.17) is 9.47 Å². The first kappa shape index (κ1) is 21.4. The highest BCUT2D eigenvalue weighted by Gasteiger charge is 2.17. The minimum absolute atomic E-state index is 0.245. The van der Waals surface area contributed by atoms with E-state index in [9.17, 15) is 9.59 Å². The third-order valence-electron chi connectivity index (χ3n) is 5.49. The number of aromatic nitrogens is 2. The van der Waals surface area contributed by atoms with Crippen LogP contribution in [0.15, 0.2) is 60.8 Å². The van der Waals surface area contributed by atoms with Gasteiger partial charge in [0.15, 0.2) is 5.75 Å². The number of nitrogens with zero attached hydrogens (tertiary/aromatic N) is 2. The Kier molecular flexibility index (Phi) is 5.55. The van der Waals surface area contributed by atoms with E-state index in [1.54, 1.807) is 24.3 Å². The first-order chi connectivity index (χ1) is 16.5. The van der Waals surface area contributed by atoms with Gasteiger partial charge in [-0.15, -0.1) is 0 Å². The molecule has 0 spiro atoms. The van der Waals surface area contributed by atoms with E-state index in [2.05, 4.69) is 20.6 Å². The number of benzene rings is 2. The maximum Gasteiger partial charge on any atom is 0.257 e. The Bertz CT molecular complexity index is 1430. The van der Waals surface area contributed by atoms with Crippen molar-refractivity contribution in [2.24, 2.45) is 0 Å². The smallest absolute Gasteiger partial charge is 0.257 e. The third kappa shape index (κ3) is 4.38. The molecule has 0 saturated heterocycles. The fourth-order valence-electron chi connectivity index (χ4n) is 3.66. The lowest BCUT2D eigenvalue weighted by molar-refractivity contribution is 0.101. The molecule has 2 N–H and O–H groups in total. The fourth-order valence-corrected chi connectivity index (χ4v) is 3.66. The summed E-state index contributed by atoms with van der Waals surface area (Å²) in [5.41, 5.74) is 4.64. The van der Waals surface area contributed by atoms with Gasteiger partial charge in [-0.05, 0) is 55.8 Å². The second-order valence-electron chi connectivity index (χ2n) is 8.02. The van der Waals surface area contributed by atoms with Crippen molar-refractivity contribution in [3.05, 3.63) is 83.2 Å². The minimum atomic E-state index is -0.345. The number of nitrogens with one attached hydrogen (secondary N) is 2. The number of fused-ring (bicyclic) bond motifs is 2. The SMILES string of the molecule is Cc1ccc2cc(C(=O)Nc3cc(NC(=O)c4cnc5c(c4)OCCO5)ccc3C)ccc2n1. The number of carbonyl (C=O) groups is 2. The lowest BCUT2D eigenvalue weighted by Crippen LogP contribution is -2.18. The molecule has 0 unspecified atom stereocenters. The molecular formula is C26H22N4O4. The van der Waals surface area contributed by atoms with E-state index < -0.39 is 0 Å². The standard InChI is InChI=1S/C26H22N4O4/c1-15-3-7-20(29-25(32)19-12-23-26(27-14-19)34-10-9-33-23)13-22(15)30-24(31)18-6-8-21-17(11-18)5-4-16(2)28-21/h3-8,11-14H,9-10H2,1-2H3,(H,29,32)(H,30,31). The number of amides is 2. The van der Waals surface area contributed by atoms with Crippen molar-refractivity contribution in [1.29, 1.82) is 0 Å². The number of carbonyl (C=O) groups excluding carboxylic acids is 2. The highest BCUT2D eigenvalue weighted by Crippen LogP contribution is 2.28. The zero-order valence-electron chi connectivity index (χ0n) is 18.7. The Labute approximate surface area is 196 Å². The van der Waals surface area contributed by atoms with Crippen molar-refractivity contribution in [3.63, 3.8) is 0 Å². The number of anilines is 2. The van der Waals surface area contributed by atoms with Gasteiger partial charge in [0.1, 0.15) is 13.2 Å². The van der Waals surface area contributed by atoms with Crippen molar-refractivity contribution in [2.75, 3.05) is 23.8 Å². The molecule has 2 aromatic heterocycles. The molecule has 4 aromatic rings. The molecule has 2 amide bonds. The molecule has 8 nitrogen and oxygen atoms in total. The van der Waals surface area contributed by atoms with Crippen molar-refractivity contribution in [2.45, 2.75) is 13.8 Å². The lowest BCUT2D eigenvalue weighted by atomic mass is 10.1. The predicted octanol–water partition coefficient (Wildman–Crippen LogP) is 4.52. The second-order valence-corrected chi connectivity index (χ2v) is 8.02. The summed E-state index contributed by atoms with van der Waals surface area (Å²) in [6.45, 7) is 4.66. The number of hydrogen-bond donors (Lipinski definition) is 2. The second kappa shape index (κ2) is 8.82. The summed E-state index contributed by atoms with van der Waals surface area (Å²) in [5, 5.41) is 6.67. The molecule has 3 heterocycles. The summed E-state index contributed by atoms with van der Waals surface area (Å²) in [7, 11) is 0. The van der Waals surface area contributed by atoms with Crippen molar-refractivity contribution >= 4 is 34.1 Å². The van der Waals surface area contributed by atoms with Gasteiger partial charge >= 0.3 is 0 Å². The van der Waals surface area contributed by atoms with Gasteiger partial charge in [0.25, 0.3) is 17.7 Å². The quantitative estimate of drug-likeness (QED) is 0.470. The minimum Gasteiger partial charge on any atom is -0.484 e. The van der Waals surface area contributed by atoms with Gasteiger partial charge in [-0.2, -0.15) is 0 Å². The van der Waals surface area contributed by atoms with E-state index in [1.807, 2.05) is 44.2 Å². The van der Waals surface area contributed by atoms with Crippen LogP contribution in [0.5, 0.6) is 11.6 Å². The van der Waals surface area contributed by atoms with Crippen LogP contribution in [-0.2, 0) is 0 Å². The molecule has 0 radical (unpaired) electrons. The van der Waals surface area contributed by atoms with Crippen LogP contribution in [0.1, 0.15) is 32.0 Å². The molecule has 0 atom stereocenters. The zero-order chi connectivity index (χ0) is 23.7. The molecule has 0 fully saturated rings. The predicted molar refractivity (Wildman–Crippen MR) is 129 cm³/mol. The van der Waals surface area contributed by atoms with Crippen LogP contribution in [0, 0.1) is 13.8 Å². The number of aryl methyl sites for hydroxylation is 2. The molecule has 34 heavy (non-hydrogen) atoms. The van der Waals surface area contributed by atoms with Gasteiger partial charge in [0, 0.05) is 40.3 Å². The fraction of sp³-hybridized carbons (Fsp3) is 0.154. The topological polar surface area (TPSA) is 102 Å². The average molecular weight is 454 g/mol. The molecule has 170 valence electrons. The normalized spacial score (nSPS) is 12.3. The summed E-state index contributed by atoms with van der Waals surface area (Å²) in [6.07, 6.45) is 1.44. The Morgan fingerprint density at radius 2 is 1.68 bits per heavy atom. The van der Waals surface area contributed by atoms with Gasteiger partial charge in [0.2, 0.25) is 0 Å². The molecule has 5 rings (SSSR count). The van der Waals surface area contributed by atoms with Crippen LogP contribution < -0.4 is 20.1 Å². The number of hydrogen-bond acceptors (Lipinski definition) is 6. The summed E-state index contributed by atoms with van der Waals surface area (Å²) >= 11 is 0. The lowest BCUT2D eigenvalue weighted by Gasteiger charge is -2.17. The van der Waals surface area contributed by atoms with E-state index in [0.29, 0.717) is 47.3 Å². The van der Waals surface area contributed by atoms with Crippen LogP contribution in [0.2, 0.25) is 0 Å². The van der Waals surface area contributed by atoms with Gasteiger partial charge < -0.3 is 20.1 Å². The third-order valence-corrected chi connectivity index (χ3v) is 5.49.